The first-order valence-electron chi connectivity index (χ1n) is 7.47. The molecule has 0 heteroatoms. The molecule has 108 valence electrons. The Bertz CT molecular complexity index is 677. The number of rotatable bonds is 3. The number of allylic oxidation sites excluding steroid dienone is 2. The summed E-state index contributed by atoms with van der Waals surface area (Å²) in [6.45, 7) is 10.8. The van der Waals surface area contributed by atoms with E-state index < -0.39 is 0 Å². The first kappa shape index (κ1) is 15.3. The van der Waals surface area contributed by atoms with Crippen LogP contribution in [0.2, 0.25) is 0 Å². The molecule has 0 radical (unpaired) electrons. The van der Waals surface area contributed by atoms with Gasteiger partial charge in [-0.1, -0.05) is 65.8 Å². The zero-order valence-electron chi connectivity index (χ0n) is 13.7. The lowest BCUT2D eigenvalue weighted by Gasteiger charge is -2.06. The maximum absolute atomic E-state index is 2.24. The molecule has 0 aliphatic carbocycles. The molecule has 21 heavy (non-hydrogen) atoms. The average molecular weight is 276 g/mol. The minimum Gasteiger partial charge on any atom is -0.0616 e. The molecule has 0 nitrogen and oxygen atoms in total. The summed E-state index contributed by atoms with van der Waals surface area (Å²) in [4.78, 5) is 0. The summed E-state index contributed by atoms with van der Waals surface area (Å²) in [6.07, 6.45) is 8.62. The molecule has 0 bridgehead atoms. The Hall–Kier alpha value is -2.08. The fourth-order valence-electron chi connectivity index (χ4n) is 2.78. The number of aryl methyl sites for hydroxylation is 5. The normalized spacial score (nSPS) is 11.7. The molecule has 0 N–H and O–H groups in total. The lowest BCUT2D eigenvalue weighted by Crippen LogP contribution is -1.87. The van der Waals surface area contributed by atoms with Crippen LogP contribution in [-0.2, 0) is 0 Å². The summed E-state index contributed by atoms with van der Waals surface area (Å²) >= 11 is 0. The zero-order chi connectivity index (χ0) is 15.4. The summed E-state index contributed by atoms with van der Waals surface area (Å²) < 4.78 is 0. The standard InChI is InChI=1S/C21H24/c1-15-10-11-20(17(3)12-15)8-6-7-9-21-18(4)13-16(2)14-19(21)5/h6-14H,1-5H3/b8-6+,9-7+. The van der Waals surface area contributed by atoms with Gasteiger partial charge in [-0.25, -0.2) is 0 Å². The molecule has 0 aliphatic rings. The van der Waals surface area contributed by atoms with Gasteiger partial charge < -0.3 is 0 Å². The Morgan fingerprint density at radius 2 is 1.19 bits per heavy atom. The third-order valence-electron chi connectivity index (χ3n) is 3.81. The van der Waals surface area contributed by atoms with Crippen LogP contribution in [0.4, 0.5) is 0 Å². The smallest absolute Gasteiger partial charge is 0.0198 e. The first-order valence-corrected chi connectivity index (χ1v) is 7.47. The van der Waals surface area contributed by atoms with E-state index in [4.69, 9.17) is 0 Å². The van der Waals surface area contributed by atoms with Crippen molar-refractivity contribution < 1.29 is 0 Å². The van der Waals surface area contributed by atoms with Crippen molar-refractivity contribution in [2.75, 3.05) is 0 Å². The van der Waals surface area contributed by atoms with E-state index in [9.17, 15) is 0 Å². The molecule has 0 saturated heterocycles. The maximum Gasteiger partial charge on any atom is -0.0198 e. The van der Waals surface area contributed by atoms with Crippen molar-refractivity contribution in [3.8, 4) is 0 Å². The van der Waals surface area contributed by atoms with Crippen LogP contribution in [0.1, 0.15) is 38.9 Å². The molecule has 0 spiro atoms. The molecule has 0 amide bonds. The lowest BCUT2D eigenvalue weighted by molar-refractivity contribution is 1.30. The van der Waals surface area contributed by atoms with Crippen molar-refractivity contribution in [1.29, 1.82) is 0 Å². The van der Waals surface area contributed by atoms with E-state index in [-0.39, 0.29) is 0 Å². The molecule has 0 heterocycles. The molecule has 0 saturated carbocycles. The Morgan fingerprint density at radius 3 is 1.81 bits per heavy atom. The van der Waals surface area contributed by atoms with E-state index in [1.54, 1.807) is 0 Å². The topological polar surface area (TPSA) is 0 Å². The molecule has 0 aromatic heterocycles. The van der Waals surface area contributed by atoms with Crippen molar-refractivity contribution in [2.24, 2.45) is 0 Å². The Morgan fingerprint density at radius 1 is 0.619 bits per heavy atom. The Balaban J connectivity index is 2.17. The molecular formula is C21H24. The number of benzene rings is 2. The highest BCUT2D eigenvalue weighted by molar-refractivity contribution is 5.63. The van der Waals surface area contributed by atoms with Gasteiger partial charge in [0.05, 0.1) is 0 Å². The highest BCUT2D eigenvalue weighted by Gasteiger charge is 1.99. The van der Waals surface area contributed by atoms with E-state index in [1.165, 1.54) is 38.9 Å². The highest BCUT2D eigenvalue weighted by atomic mass is 14.0. The van der Waals surface area contributed by atoms with Crippen LogP contribution in [0.15, 0.2) is 42.5 Å². The quantitative estimate of drug-likeness (QED) is 0.607. The van der Waals surface area contributed by atoms with Crippen LogP contribution in [-0.4, -0.2) is 0 Å². The van der Waals surface area contributed by atoms with E-state index in [0.717, 1.165) is 0 Å². The summed E-state index contributed by atoms with van der Waals surface area (Å²) in [5.41, 5.74) is 9.24. The molecule has 2 aromatic carbocycles. The maximum atomic E-state index is 2.24. The van der Waals surface area contributed by atoms with Gasteiger partial charge in [-0.05, 0) is 62.4 Å². The predicted octanol–water partition coefficient (Wildman–Crippen LogP) is 5.96. The monoisotopic (exact) mass is 276 g/mol. The summed E-state index contributed by atoms with van der Waals surface area (Å²) in [7, 11) is 0. The predicted molar refractivity (Wildman–Crippen MR) is 94.6 cm³/mol. The second kappa shape index (κ2) is 6.58. The van der Waals surface area contributed by atoms with Crippen LogP contribution in [0.3, 0.4) is 0 Å². The Kier molecular flexibility index (Phi) is 4.80. The van der Waals surface area contributed by atoms with Gasteiger partial charge in [-0.15, -0.1) is 0 Å². The van der Waals surface area contributed by atoms with Gasteiger partial charge in [0.2, 0.25) is 0 Å². The van der Waals surface area contributed by atoms with Crippen molar-refractivity contribution in [3.63, 3.8) is 0 Å². The van der Waals surface area contributed by atoms with Crippen molar-refractivity contribution in [3.05, 3.63) is 81.4 Å². The lowest BCUT2D eigenvalue weighted by atomic mass is 9.99. The average Bonchev–Trinajstić information content (AvgIpc) is 2.38. The minimum absolute atomic E-state index is 1.28. The fraction of sp³-hybridized carbons (Fsp3) is 0.238. The first-order chi connectivity index (χ1) is 9.97. The van der Waals surface area contributed by atoms with Gasteiger partial charge >= 0.3 is 0 Å². The van der Waals surface area contributed by atoms with Crippen LogP contribution < -0.4 is 0 Å². The number of hydrogen-bond acceptors (Lipinski definition) is 0. The third-order valence-corrected chi connectivity index (χ3v) is 3.81. The third kappa shape index (κ3) is 3.95. The SMILES string of the molecule is Cc1ccc(/C=C/C=C/c2c(C)cc(C)cc2C)c(C)c1. The van der Waals surface area contributed by atoms with Crippen molar-refractivity contribution in [1.82, 2.24) is 0 Å². The van der Waals surface area contributed by atoms with Gasteiger partial charge in [0.15, 0.2) is 0 Å². The number of hydrogen-bond donors (Lipinski definition) is 0. The minimum atomic E-state index is 1.28. The fourth-order valence-corrected chi connectivity index (χ4v) is 2.78. The summed E-state index contributed by atoms with van der Waals surface area (Å²) in [6, 6.07) is 11.0. The zero-order valence-corrected chi connectivity index (χ0v) is 13.7. The van der Waals surface area contributed by atoms with E-state index >= 15 is 0 Å². The highest BCUT2D eigenvalue weighted by Crippen LogP contribution is 2.18. The van der Waals surface area contributed by atoms with E-state index in [0.29, 0.717) is 0 Å². The van der Waals surface area contributed by atoms with Crippen molar-refractivity contribution >= 4 is 12.2 Å². The second-order valence-corrected chi connectivity index (χ2v) is 5.89. The molecule has 0 aliphatic heterocycles. The second-order valence-electron chi connectivity index (χ2n) is 5.89. The molecular weight excluding hydrogens is 252 g/mol. The van der Waals surface area contributed by atoms with E-state index in [2.05, 4.69) is 89.3 Å². The van der Waals surface area contributed by atoms with E-state index in [1.807, 2.05) is 0 Å². The van der Waals surface area contributed by atoms with Crippen LogP contribution in [0.25, 0.3) is 12.2 Å². The van der Waals surface area contributed by atoms with Gasteiger partial charge in [-0.3, -0.25) is 0 Å². The molecule has 0 unspecified atom stereocenters. The largest absolute Gasteiger partial charge is 0.0616 e. The Labute approximate surface area is 128 Å². The van der Waals surface area contributed by atoms with Crippen molar-refractivity contribution in [2.45, 2.75) is 34.6 Å². The van der Waals surface area contributed by atoms with Crippen LogP contribution >= 0.6 is 0 Å². The van der Waals surface area contributed by atoms with Gasteiger partial charge in [0, 0.05) is 0 Å². The summed E-state index contributed by atoms with van der Waals surface area (Å²) in [5, 5.41) is 0. The van der Waals surface area contributed by atoms with Crippen LogP contribution in [0.5, 0.6) is 0 Å². The van der Waals surface area contributed by atoms with Gasteiger partial charge in [-0.2, -0.15) is 0 Å². The summed E-state index contributed by atoms with van der Waals surface area (Å²) in [5.74, 6) is 0. The molecule has 2 aromatic rings. The van der Waals surface area contributed by atoms with Crippen LogP contribution in [0, 0.1) is 34.6 Å². The van der Waals surface area contributed by atoms with Gasteiger partial charge in [0.1, 0.15) is 0 Å². The molecule has 2 rings (SSSR count). The van der Waals surface area contributed by atoms with Gasteiger partial charge in [0.25, 0.3) is 0 Å². The molecule has 0 atom stereocenters. The molecule has 0 fully saturated rings.